The molecule has 0 saturated carbocycles. The number of rotatable bonds is 4. The van der Waals surface area contributed by atoms with Gasteiger partial charge < -0.3 is 14.2 Å². The molecule has 1 aliphatic rings. The van der Waals surface area contributed by atoms with Gasteiger partial charge in [0.05, 0.1) is 12.8 Å². The van der Waals surface area contributed by atoms with Crippen molar-refractivity contribution >= 4 is 62.6 Å². The van der Waals surface area contributed by atoms with Crippen molar-refractivity contribution in [2.45, 2.75) is 20.8 Å². The molecule has 2 heterocycles. The van der Waals surface area contributed by atoms with E-state index in [1.54, 1.807) is 24.0 Å². The topological polar surface area (TPSA) is 51.5 Å². The number of carbonyl (C=O) groups excluding carboxylic acids is 2. The normalized spacial score (nSPS) is 15.0. The molecular weight excluding hydrogens is 539 g/mol. The van der Waals surface area contributed by atoms with Crippen LogP contribution in [0, 0.1) is 13.8 Å². The number of Topliss-reactive ketones (excluding diaryl/α,β-unsaturated/α-hetero) is 1. The molecule has 4 rings (SSSR count). The molecule has 0 radical (unpaired) electrons. The summed E-state index contributed by atoms with van der Waals surface area (Å²) >= 11 is 15.9. The summed E-state index contributed by atoms with van der Waals surface area (Å²) in [6, 6.07) is 14.9. The number of ketones is 1. The molecule has 0 unspecified atom stereocenters. The molecule has 34 heavy (non-hydrogen) atoms. The molecule has 174 valence electrons. The van der Waals surface area contributed by atoms with E-state index in [4.69, 9.17) is 27.9 Å². The number of hydrogen-bond donors (Lipinski definition) is 0. The summed E-state index contributed by atoms with van der Waals surface area (Å²) in [5.74, 6) is -1.05. The van der Waals surface area contributed by atoms with Crippen LogP contribution in [0.25, 0.3) is 11.8 Å². The maximum atomic E-state index is 13.4. The fourth-order valence-corrected chi connectivity index (χ4v) is 5.01. The van der Waals surface area contributed by atoms with Gasteiger partial charge >= 0.3 is 5.97 Å². The summed E-state index contributed by atoms with van der Waals surface area (Å²) in [6.07, 6.45) is 1.80. The predicted octanol–water partition coefficient (Wildman–Crippen LogP) is 7.04. The fourth-order valence-electron chi connectivity index (χ4n) is 4.23. The maximum absolute atomic E-state index is 13.4. The molecule has 3 aromatic rings. The van der Waals surface area contributed by atoms with Crippen molar-refractivity contribution in [2.75, 3.05) is 12.0 Å². The third kappa shape index (κ3) is 4.33. The molecule has 0 N–H and O–H groups in total. The first-order chi connectivity index (χ1) is 16.1. The summed E-state index contributed by atoms with van der Waals surface area (Å²) < 4.78 is 7.83. The maximum Gasteiger partial charge on any atom is 0.343 e. The van der Waals surface area contributed by atoms with E-state index in [0.29, 0.717) is 21.4 Å². The number of methoxy groups -OCH3 is 1. The lowest BCUT2D eigenvalue weighted by atomic mass is 10.1. The highest BCUT2D eigenvalue weighted by molar-refractivity contribution is 9.10. The molecule has 8 heteroatoms. The van der Waals surface area contributed by atoms with Crippen LogP contribution in [-0.4, -0.2) is 23.4 Å². The first-order valence-corrected chi connectivity index (χ1v) is 11.9. The lowest BCUT2D eigenvalue weighted by Crippen LogP contribution is -2.18. The van der Waals surface area contributed by atoms with E-state index in [0.717, 1.165) is 32.8 Å². The third-order valence-electron chi connectivity index (χ3n) is 5.74. The number of halogens is 3. The van der Waals surface area contributed by atoms with Crippen LogP contribution in [0.2, 0.25) is 10.0 Å². The van der Waals surface area contributed by atoms with Crippen LogP contribution < -0.4 is 4.90 Å². The number of aromatic nitrogens is 1. The Morgan fingerprint density at radius 2 is 1.59 bits per heavy atom. The van der Waals surface area contributed by atoms with Gasteiger partial charge in [0.15, 0.2) is 0 Å². The first kappa shape index (κ1) is 24.3. The van der Waals surface area contributed by atoms with Crippen molar-refractivity contribution in [3.63, 3.8) is 0 Å². The van der Waals surface area contributed by atoms with Gasteiger partial charge in [-0.1, -0.05) is 39.1 Å². The van der Waals surface area contributed by atoms with Gasteiger partial charge in [-0.2, -0.15) is 0 Å². The van der Waals surface area contributed by atoms with E-state index in [2.05, 4.69) is 15.9 Å². The number of nitrogens with zero attached hydrogens (tertiary/aromatic N) is 2. The number of esters is 1. The largest absolute Gasteiger partial charge is 0.465 e. The minimum atomic E-state index is -0.660. The zero-order valence-electron chi connectivity index (χ0n) is 18.9. The van der Waals surface area contributed by atoms with Crippen LogP contribution in [0.15, 0.2) is 70.0 Å². The molecule has 1 aliphatic heterocycles. The van der Waals surface area contributed by atoms with Crippen molar-refractivity contribution in [1.29, 1.82) is 0 Å². The molecule has 0 atom stereocenters. The Bertz CT molecular complexity index is 1370. The second-order valence-corrected chi connectivity index (χ2v) is 9.70. The van der Waals surface area contributed by atoms with Crippen LogP contribution in [0.3, 0.4) is 0 Å². The summed E-state index contributed by atoms with van der Waals surface area (Å²) in [5, 5.41) is 1.06. The Hall–Kier alpha value is -2.80. The number of benzene rings is 2. The highest BCUT2D eigenvalue weighted by atomic mass is 79.9. The quantitative estimate of drug-likeness (QED) is 0.195. The minimum absolute atomic E-state index is 0.0205. The van der Waals surface area contributed by atoms with E-state index in [-0.39, 0.29) is 11.4 Å². The zero-order chi connectivity index (χ0) is 24.7. The van der Waals surface area contributed by atoms with Gasteiger partial charge in [-0.05, 0) is 80.9 Å². The monoisotopic (exact) mass is 558 g/mol. The summed E-state index contributed by atoms with van der Waals surface area (Å²) in [5.41, 5.74) is 5.16. The molecule has 1 aromatic heterocycles. The van der Waals surface area contributed by atoms with Crippen LogP contribution in [0.5, 0.6) is 0 Å². The van der Waals surface area contributed by atoms with Gasteiger partial charge in [-0.15, -0.1) is 0 Å². The number of carbonyl (C=O) groups is 2. The van der Waals surface area contributed by atoms with E-state index in [1.807, 2.05) is 60.9 Å². The van der Waals surface area contributed by atoms with E-state index in [9.17, 15) is 9.59 Å². The van der Waals surface area contributed by atoms with Crippen LogP contribution in [0.1, 0.15) is 23.9 Å². The zero-order valence-corrected chi connectivity index (χ0v) is 22.0. The molecule has 2 aromatic carbocycles. The molecule has 0 amide bonds. The smallest absolute Gasteiger partial charge is 0.343 e. The van der Waals surface area contributed by atoms with Gasteiger partial charge in [0.1, 0.15) is 5.57 Å². The van der Waals surface area contributed by atoms with Gasteiger partial charge in [-0.3, -0.25) is 4.79 Å². The average molecular weight is 560 g/mol. The molecule has 0 saturated heterocycles. The predicted molar refractivity (Wildman–Crippen MR) is 140 cm³/mol. The highest BCUT2D eigenvalue weighted by Crippen LogP contribution is 2.37. The molecule has 0 fully saturated rings. The lowest BCUT2D eigenvalue weighted by Gasteiger charge is -2.21. The Kier molecular flexibility index (Phi) is 6.76. The highest BCUT2D eigenvalue weighted by Gasteiger charge is 2.38. The standard InChI is InChI=1S/C26H21BrCl2N2O3/c1-14-9-17(15(2)30(14)22-12-19(28)11-20(29)13-22)10-23-25(32)24(26(33)34-4)16(3)31(23)21-7-5-18(27)6-8-21/h5-13H,1-4H3. The summed E-state index contributed by atoms with van der Waals surface area (Å²) in [6.45, 7) is 5.67. The van der Waals surface area contributed by atoms with Crippen LogP contribution in [-0.2, 0) is 14.3 Å². The SMILES string of the molecule is COC(=O)C1=C(C)N(c2ccc(Br)cc2)C(=Cc2cc(C)n(-c3cc(Cl)cc(Cl)c3)c2C)C1=O. The van der Waals surface area contributed by atoms with Crippen molar-refractivity contribution in [2.24, 2.45) is 0 Å². The van der Waals surface area contributed by atoms with Gasteiger partial charge in [0, 0.05) is 43.0 Å². The van der Waals surface area contributed by atoms with E-state index >= 15 is 0 Å². The molecular formula is C26H21BrCl2N2O3. The van der Waals surface area contributed by atoms with E-state index in [1.165, 1.54) is 7.11 Å². The van der Waals surface area contributed by atoms with Gasteiger partial charge in [-0.25, -0.2) is 4.79 Å². The summed E-state index contributed by atoms with van der Waals surface area (Å²) in [4.78, 5) is 27.6. The number of ether oxygens (including phenoxy) is 1. The Labute approximate surface area is 216 Å². The fraction of sp³-hybridized carbons (Fsp3) is 0.154. The molecule has 0 bridgehead atoms. The van der Waals surface area contributed by atoms with E-state index < -0.39 is 5.97 Å². The van der Waals surface area contributed by atoms with Crippen LogP contribution in [0.4, 0.5) is 5.69 Å². The second kappa shape index (κ2) is 9.45. The van der Waals surface area contributed by atoms with Gasteiger partial charge in [0.25, 0.3) is 0 Å². The van der Waals surface area contributed by atoms with Crippen LogP contribution >= 0.6 is 39.1 Å². The minimum Gasteiger partial charge on any atom is -0.465 e. The molecule has 5 nitrogen and oxygen atoms in total. The first-order valence-electron chi connectivity index (χ1n) is 10.4. The number of anilines is 1. The van der Waals surface area contributed by atoms with Gasteiger partial charge in [0.2, 0.25) is 5.78 Å². The van der Waals surface area contributed by atoms with Crippen molar-refractivity contribution in [3.05, 3.63) is 97.0 Å². The Morgan fingerprint density at radius 1 is 0.971 bits per heavy atom. The summed E-state index contributed by atoms with van der Waals surface area (Å²) in [7, 11) is 1.27. The lowest BCUT2D eigenvalue weighted by molar-refractivity contribution is -0.137. The number of aryl methyl sites for hydroxylation is 1. The van der Waals surface area contributed by atoms with Crippen molar-refractivity contribution in [3.8, 4) is 5.69 Å². The third-order valence-corrected chi connectivity index (χ3v) is 6.71. The van der Waals surface area contributed by atoms with Crippen molar-refractivity contribution < 1.29 is 14.3 Å². The number of allylic oxidation sites excluding steroid dienone is 2. The van der Waals surface area contributed by atoms with Crippen molar-refractivity contribution in [1.82, 2.24) is 4.57 Å². The average Bonchev–Trinajstić information content (AvgIpc) is 3.19. The Balaban J connectivity index is 1.88. The number of hydrogen-bond acceptors (Lipinski definition) is 4. The second-order valence-electron chi connectivity index (χ2n) is 7.91. The Morgan fingerprint density at radius 3 is 2.18 bits per heavy atom. The molecule has 0 spiro atoms. The molecule has 0 aliphatic carbocycles.